The van der Waals surface area contributed by atoms with E-state index in [4.69, 9.17) is 13.8 Å². The highest BCUT2D eigenvalue weighted by Crippen LogP contribution is 2.72. The monoisotopic (exact) mass is 455 g/mol. The Hall–Kier alpha value is -1.86. The van der Waals surface area contributed by atoms with Crippen molar-refractivity contribution >= 4 is 21.6 Å². The number of rotatable bonds is 6. The molecule has 1 saturated heterocycles. The highest BCUT2D eigenvalue weighted by molar-refractivity contribution is 7.68. The molecule has 1 aliphatic rings. The quantitative estimate of drug-likeness (QED) is 0.381. The summed E-state index contributed by atoms with van der Waals surface area (Å²) >= 11 is 0. The topological polar surface area (TPSA) is 132 Å². The molecule has 0 amide bonds. The van der Waals surface area contributed by atoms with Crippen molar-refractivity contribution in [2.75, 3.05) is 0 Å². The molecule has 4 atom stereocenters. The lowest BCUT2D eigenvalue weighted by atomic mass is 10.1. The number of ether oxygens (including phenoxy) is 1. The Morgan fingerprint density at radius 3 is 2.60 bits per heavy atom. The third-order valence-electron chi connectivity index (χ3n) is 4.38. The van der Waals surface area contributed by atoms with Gasteiger partial charge < -0.3 is 14.7 Å². The van der Waals surface area contributed by atoms with Gasteiger partial charge in [0.15, 0.2) is 6.29 Å². The lowest BCUT2D eigenvalue weighted by molar-refractivity contribution is -0.135. The molecule has 2 heterocycles. The van der Waals surface area contributed by atoms with E-state index in [1.807, 2.05) is 13.8 Å². The summed E-state index contributed by atoms with van der Waals surface area (Å²) in [6, 6.07) is 9.02. The fraction of sp³-hybridized carbons (Fsp3) is 0.368. The van der Waals surface area contributed by atoms with Crippen LogP contribution in [0.1, 0.15) is 37.7 Å². The molecule has 4 unspecified atom stereocenters. The van der Waals surface area contributed by atoms with Crippen LogP contribution in [0.25, 0.3) is 0 Å². The van der Waals surface area contributed by atoms with Gasteiger partial charge in [-0.2, -0.15) is 0 Å². The minimum absolute atomic E-state index is 0.155. The van der Waals surface area contributed by atoms with Gasteiger partial charge in [0.25, 0.3) is 0 Å². The summed E-state index contributed by atoms with van der Waals surface area (Å²) in [5.74, 6) is 0.0592. The molecule has 0 saturated carbocycles. The number of aliphatic hydroxyl groups is 1. The SMILES string of the molecule is CC(C)CC(=O)Oc1ccc(C2O[PH](=O)C(O)(Cc3cccnc3)P(=O)(O)O2)cc1. The Bertz CT molecular complexity index is 966. The summed E-state index contributed by atoms with van der Waals surface area (Å²) in [7, 11) is -8.17. The van der Waals surface area contributed by atoms with Crippen LogP contribution in [0.3, 0.4) is 0 Å². The smallest absolute Gasteiger partial charge is 0.372 e. The largest absolute Gasteiger partial charge is 0.427 e. The first kappa shape index (κ1) is 22.8. The van der Waals surface area contributed by atoms with E-state index in [0.29, 0.717) is 5.56 Å². The molecule has 3 rings (SSSR count). The van der Waals surface area contributed by atoms with Crippen LogP contribution in [0.5, 0.6) is 5.75 Å². The van der Waals surface area contributed by atoms with E-state index >= 15 is 0 Å². The van der Waals surface area contributed by atoms with Gasteiger partial charge in [0, 0.05) is 30.8 Å². The van der Waals surface area contributed by atoms with Crippen LogP contribution in [0.15, 0.2) is 48.8 Å². The Morgan fingerprint density at radius 2 is 2.03 bits per heavy atom. The zero-order valence-electron chi connectivity index (χ0n) is 16.4. The highest BCUT2D eigenvalue weighted by Gasteiger charge is 2.58. The van der Waals surface area contributed by atoms with Gasteiger partial charge in [0.2, 0.25) is 13.1 Å². The first-order valence-corrected chi connectivity index (χ1v) is 12.1. The average molecular weight is 455 g/mol. The first-order valence-electron chi connectivity index (χ1n) is 9.25. The Morgan fingerprint density at radius 1 is 1.33 bits per heavy atom. The number of hydrogen-bond donors (Lipinski definition) is 2. The van der Waals surface area contributed by atoms with Crippen LogP contribution < -0.4 is 4.74 Å². The van der Waals surface area contributed by atoms with Crippen molar-refractivity contribution in [1.29, 1.82) is 0 Å². The predicted octanol–water partition coefficient (Wildman–Crippen LogP) is 3.63. The van der Waals surface area contributed by atoms with Crippen molar-refractivity contribution in [2.45, 2.75) is 38.1 Å². The number of carbonyl (C=O) groups is 1. The second-order valence-corrected chi connectivity index (χ2v) is 11.4. The molecule has 1 fully saturated rings. The van der Waals surface area contributed by atoms with Gasteiger partial charge in [0.1, 0.15) is 5.75 Å². The molecule has 2 aromatic rings. The average Bonchev–Trinajstić information content (AvgIpc) is 2.66. The van der Waals surface area contributed by atoms with Crippen molar-refractivity contribution in [3.8, 4) is 5.75 Å². The number of pyridine rings is 1. The van der Waals surface area contributed by atoms with Gasteiger partial charge in [-0.1, -0.05) is 32.0 Å². The molecule has 1 aliphatic heterocycles. The maximum Gasteiger partial charge on any atom is 0.372 e. The Kier molecular flexibility index (Phi) is 6.92. The molecule has 9 nitrogen and oxygen atoms in total. The van der Waals surface area contributed by atoms with Gasteiger partial charge in [0.05, 0.1) is 0 Å². The van der Waals surface area contributed by atoms with Gasteiger partial charge in [-0.15, -0.1) is 0 Å². The number of esters is 1. The van der Waals surface area contributed by atoms with Crippen molar-refractivity contribution in [3.63, 3.8) is 0 Å². The third-order valence-corrected chi connectivity index (χ3v) is 8.60. The molecule has 162 valence electrons. The van der Waals surface area contributed by atoms with Gasteiger partial charge in [-0.05, 0) is 29.7 Å². The van der Waals surface area contributed by atoms with E-state index in [1.54, 1.807) is 12.1 Å². The molecule has 0 aliphatic carbocycles. The van der Waals surface area contributed by atoms with E-state index < -0.39 is 33.4 Å². The molecular formula is C19H23NO8P2. The van der Waals surface area contributed by atoms with Crippen LogP contribution in [-0.4, -0.2) is 26.0 Å². The molecule has 0 spiro atoms. The molecule has 11 heteroatoms. The second kappa shape index (κ2) is 9.10. The summed E-state index contributed by atoms with van der Waals surface area (Å²) in [5.41, 5.74) is 0.695. The predicted molar refractivity (Wildman–Crippen MR) is 108 cm³/mol. The summed E-state index contributed by atoms with van der Waals surface area (Å²) in [5, 5.41) is 8.12. The summed E-state index contributed by atoms with van der Waals surface area (Å²) in [6.07, 6.45) is 1.33. The third kappa shape index (κ3) is 5.06. The minimum Gasteiger partial charge on any atom is -0.427 e. The Labute approximate surface area is 174 Å². The van der Waals surface area contributed by atoms with E-state index in [-0.39, 0.29) is 29.6 Å². The lowest BCUT2D eigenvalue weighted by Crippen LogP contribution is -2.33. The van der Waals surface area contributed by atoms with Crippen molar-refractivity contribution in [1.82, 2.24) is 4.98 Å². The second-order valence-electron chi connectivity index (χ2n) is 7.36. The van der Waals surface area contributed by atoms with Crippen molar-refractivity contribution < 1.29 is 37.7 Å². The van der Waals surface area contributed by atoms with Crippen molar-refractivity contribution in [2.24, 2.45) is 5.92 Å². The zero-order chi connectivity index (χ0) is 21.9. The molecule has 2 N–H and O–H groups in total. The number of hydrogen-bond acceptors (Lipinski definition) is 8. The molecule has 1 aromatic carbocycles. The van der Waals surface area contributed by atoms with Crippen LogP contribution in [0.2, 0.25) is 0 Å². The molecular weight excluding hydrogens is 432 g/mol. The van der Waals surface area contributed by atoms with Crippen LogP contribution >= 0.6 is 15.6 Å². The van der Waals surface area contributed by atoms with Gasteiger partial charge >= 0.3 is 13.6 Å². The first-order chi connectivity index (χ1) is 14.1. The number of benzene rings is 1. The normalized spacial score (nSPS) is 29.0. The lowest BCUT2D eigenvalue weighted by Gasteiger charge is -2.38. The highest BCUT2D eigenvalue weighted by atomic mass is 31.2. The maximum absolute atomic E-state index is 12.7. The number of nitrogens with zero attached hydrogens (tertiary/aromatic N) is 1. The Balaban J connectivity index is 1.73. The fourth-order valence-corrected chi connectivity index (χ4v) is 6.05. The van der Waals surface area contributed by atoms with Gasteiger partial charge in [-0.25, -0.2) is 0 Å². The summed E-state index contributed by atoms with van der Waals surface area (Å²) < 4.78 is 41.0. The molecule has 0 radical (unpaired) electrons. The van der Waals surface area contributed by atoms with E-state index in [9.17, 15) is 23.9 Å². The fourth-order valence-electron chi connectivity index (χ4n) is 2.83. The maximum atomic E-state index is 12.7. The molecule has 30 heavy (non-hydrogen) atoms. The van der Waals surface area contributed by atoms with E-state index in [1.165, 1.54) is 36.7 Å². The summed E-state index contributed by atoms with van der Waals surface area (Å²) in [6.45, 7) is 3.79. The minimum atomic E-state index is -4.75. The zero-order valence-corrected chi connectivity index (χ0v) is 18.3. The van der Waals surface area contributed by atoms with Crippen LogP contribution in [-0.2, 0) is 29.4 Å². The van der Waals surface area contributed by atoms with E-state index in [0.717, 1.165) is 0 Å². The summed E-state index contributed by atoms with van der Waals surface area (Å²) in [4.78, 5) is 26.0. The van der Waals surface area contributed by atoms with Crippen LogP contribution in [0, 0.1) is 5.92 Å². The molecule has 0 bridgehead atoms. The van der Waals surface area contributed by atoms with Gasteiger partial charge in [-0.3, -0.25) is 28.0 Å². The molecule has 1 aromatic heterocycles. The number of aromatic nitrogens is 1. The van der Waals surface area contributed by atoms with Crippen molar-refractivity contribution in [3.05, 3.63) is 59.9 Å². The number of carbonyl (C=O) groups excluding carboxylic acids is 1. The standard InChI is InChI=1S/C19H23NO8P2/c1-13(2)10-17(21)26-16-7-5-15(6-8-16)18-27-29(23)19(22,30(24,25)28-18)11-14-4-3-9-20-12-14/h3-9,12-13,18,22,29H,10-11H2,1-2H3,(H,24,25). The van der Waals surface area contributed by atoms with E-state index in [2.05, 4.69) is 4.98 Å². The van der Waals surface area contributed by atoms with Crippen LogP contribution in [0.4, 0.5) is 0 Å².